The summed E-state index contributed by atoms with van der Waals surface area (Å²) in [5.41, 5.74) is 0.917. The Morgan fingerprint density at radius 2 is 2.06 bits per heavy atom. The number of rotatable bonds is 3. The van der Waals surface area contributed by atoms with Gasteiger partial charge in [0.15, 0.2) is 0 Å². The van der Waals surface area contributed by atoms with Crippen LogP contribution in [0.5, 0.6) is 0 Å². The topological polar surface area (TPSA) is 23.8 Å². The lowest BCUT2D eigenvalue weighted by Crippen LogP contribution is -1.99. The molecule has 0 aliphatic heterocycles. The maximum absolute atomic E-state index is 9.20. The van der Waals surface area contributed by atoms with Gasteiger partial charge >= 0.3 is 0 Å². The summed E-state index contributed by atoms with van der Waals surface area (Å²) in [7, 11) is 0. The van der Waals surface area contributed by atoms with Crippen molar-refractivity contribution >= 4 is 22.9 Å². The largest absolute Gasteiger partial charge is 0.198 e. The molecule has 1 aromatic heterocycles. The molecule has 1 atom stereocenters. The zero-order valence-corrected chi connectivity index (χ0v) is 10.1. The fourth-order valence-corrected chi connectivity index (χ4v) is 2.63. The third-order valence-corrected chi connectivity index (χ3v) is 3.66. The Kier molecular flexibility index (Phi) is 3.61. The van der Waals surface area contributed by atoms with Gasteiger partial charge in [0.25, 0.3) is 0 Å². The Bertz CT molecular complexity index is 499. The van der Waals surface area contributed by atoms with E-state index in [4.69, 9.17) is 11.6 Å². The van der Waals surface area contributed by atoms with Crippen molar-refractivity contribution in [3.8, 4) is 6.07 Å². The van der Waals surface area contributed by atoms with Crippen molar-refractivity contribution in [2.45, 2.75) is 12.3 Å². The second kappa shape index (κ2) is 5.16. The van der Waals surface area contributed by atoms with Crippen LogP contribution >= 0.6 is 22.9 Å². The van der Waals surface area contributed by atoms with Crippen molar-refractivity contribution in [3.05, 3.63) is 57.2 Å². The highest BCUT2D eigenvalue weighted by Gasteiger charge is 2.14. The number of thiophene rings is 1. The first-order valence-corrected chi connectivity index (χ1v) is 6.23. The van der Waals surface area contributed by atoms with Crippen molar-refractivity contribution < 1.29 is 0 Å². The summed E-state index contributed by atoms with van der Waals surface area (Å²) in [5, 5.41) is 11.9. The Hall–Kier alpha value is -1.30. The average molecular weight is 248 g/mol. The Labute approximate surface area is 104 Å². The second-order valence-electron chi connectivity index (χ2n) is 3.49. The van der Waals surface area contributed by atoms with E-state index in [2.05, 4.69) is 6.07 Å². The van der Waals surface area contributed by atoms with E-state index in [0.29, 0.717) is 5.02 Å². The van der Waals surface area contributed by atoms with E-state index in [1.807, 2.05) is 41.8 Å². The van der Waals surface area contributed by atoms with Crippen molar-refractivity contribution in [2.24, 2.45) is 0 Å². The van der Waals surface area contributed by atoms with Gasteiger partial charge in [-0.2, -0.15) is 5.26 Å². The molecule has 3 heteroatoms. The Morgan fingerprint density at radius 1 is 1.25 bits per heavy atom. The van der Waals surface area contributed by atoms with Crippen molar-refractivity contribution in [2.75, 3.05) is 0 Å². The first kappa shape index (κ1) is 11.2. The summed E-state index contributed by atoms with van der Waals surface area (Å²) < 4.78 is 0. The molecule has 80 valence electrons. The first-order chi connectivity index (χ1) is 7.81. The van der Waals surface area contributed by atoms with Crippen LogP contribution in [-0.2, 0) is 6.42 Å². The van der Waals surface area contributed by atoms with Gasteiger partial charge in [0, 0.05) is 16.3 Å². The van der Waals surface area contributed by atoms with Crippen LogP contribution in [0.4, 0.5) is 0 Å². The standard InChI is InChI=1S/C13H10ClNS/c14-13-6-2-1-5-12(13)10(9-15)8-11-4-3-7-16-11/h1-7,10H,8H2. The average Bonchev–Trinajstić information content (AvgIpc) is 2.80. The van der Waals surface area contributed by atoms with Crippen LogP contribution in [0.3, 0.4) is 0 Å². The van der Waals surface area contributed by atoms with Gasteiger partial charge in [-0.15, -0.1) is 11.3 Å². The van der Waals surface area contributed by atoms with Gasteiger partial charge in [-0.1, -0.05) is 35.9 Å². The molecule has 2 rings (SSSR count). The molecule has 0 bridgehead atoms. The van der Waals surface area contributed by atoms with Crippen molar-refractivity contribution in [3.63, 3.8) is 0 Å². The molecular weight excluding hydrogens is 238 g/mol. The summed E-state index contributed by atoms with van der Waals surface area (Å²) in [4.78, 5) is 1.21. The zero-order chi connectivity index (χ0) is 11.4. The van der Waals surface area contributed by atoms with Crippen LogP contribution in [0.1, 0.15) is 16.4 Å². The fraction of sp³-hybridized carbons (Fsp3) is 0.154. The highest BCUT2D eigenvalue weighted by molar-refractivity contribution is 7.09. The van der Waals surface area contributed by atoms with Crippen LogP contribution in [0.25, 0.3) is 0 Å². The van der Waals surface area contributed by atoms with E-state index in [9.17, 15) is 5.26 Å². The Balaban J connectivity index is 2.24. The van der Waals surface area contributed by atoms with E-state index in [1.165, 1.54) is 4.88 Å². The van der Waals surface area contributed by atoms with Gasteiger partial charge in [0.1, 0.15) is 0 Å². The Morgan fingerprint density at radius 3 is 2.69 bits per heavy atom. The molecule has 0 fully saturated rings. The quantitative estimate of drug-likeness (QED) is 0.795. The minimum absolute atomic E-state index is 0.160. The molecule has 1 nitrogen and oxygen atoms in total. The summed E-state index contributed by atoms with van der Waals surface area (Å²) >= 11 is 7.76. The molecule has 0 N–H and O–H groups in total. The number of nitriles is 1. The minimum atomic E-state index is -0.160. The van der Waals surface area contributed by atoms with Gasteiger partial charge in [-0.25, -0.2) is 0 Å². The number of hydrogen-bond donors (Lipinski definition) is 0. The highest BCUT2D eigenvalue weighted by atomic mass is 35.5. The summed E-state index contributed by atoms with van der Waals surface area (Å²) in [6.45, 7) is 0. The van der Waals surface area contributed by atoms with Crippen molar-refractivity contribution in [1.82, 2.24) is 0 Å². The maximum Gasteiger partial charge on any atom is 0.0775 e. The predicted octanol–water partition coefficient (Wildman–Crippen LogP) is 4.25. The third-order valence-electron chi connectivity index (χ3n) is 2.42. The highest BCUT2D eigenvalue weighted by Crippen LogP contribution is 2.28. The molecule has 0 aliphatic rings. The molecule has 0 saturated heterocycles. The fourth-order valence-electron chi connectivity index (χ4n) is 1.61. The lowest BCUT2D eigenvalue weighted by molar-refractivity contribution is 0.863. The maximum atomic E-state index is 9.20. The first-order valence-electron chi connectivity index (χ1n) is 4.97. The van der Waals surface area contributed by atoms with Gasteiger partial charge in [0.2, 0.25) is 0 Å². The molecule has 16 heavy (non-hydrogen) atoms. The molecular formula is C13H10ClNS. The van der Waals surface area contributed by atoms with Crippen molar-refractivity contribution in [1.29, 1.82) is 5.26 Å². The molecule has 2 aromatic rings. The molecule has 1 heterocycles. The van der Waals surface area contributed by atoms with Gasteiger partial charge < -0.3 is 0 Å². The van der Waals surface area contributed by atoms with E-state index < -0.39 is 0 Å². The van der Waals surface area contributed by atoms with E-state index >= 15 is 0 Å². The molecule has 0 radical (unpaired) electrons. The van der Waals surface area contributed by atoms with Gasteiger partial charge in [0.05, 0.1) is 12.0 Å². The number of halogens is 1. The molecule has 0 spiro atoms. The van der Waals surface area contributed by atoms with E-state index in [1.54, 1.807) is 11.3 Å². The van der Waals surface area contributed by atoms with Crippen LogP contribution < -0.4 is 0 Å². The molecule has 0 aliphatic carbocycles. The monoisotopic (exact) mass is 247 g/mol. The van der Waals surface area contributed by atoms with Gasteiger partial charge in [-0.3, -0.25) is 0 Å². The number of hydrogen-bond acceptors (Lipinski definition) is 2. The zero-order valence-electron chi connectivity index (χ0n) is 8.56. The van der Waals surface area contributed by atoms with E-state index in [-0.39, 0.29) is 5.92 Å². The van der Waals surface area contributed by atoms with Crippen LogP contribution in [0.2, 0.25) is 5.02 Å². The smallest absolute Gasteiger partial charge is 0.0775 e. The molecule has 1 aromatic carbocycles. The van der Waals surface area contributed by atoms with Gasteiger partial charge in [-0.05, 0) is 23.1 Å². The lowest BCUT2D eigenvalue weighted by atomic mass is 9.96. The predicted molar refractivity (Wildman–Crippen MR) is 67.8 cm³/mol. The molecule has 1 unspecified atom stereocenters. The summed E-state index contributed by atoms with van der Waals surface area (Å²) in [6.07, 6.45) is 0.734. The minimum Gasteiger partial charge on any atom is -0.198 e. The SMILES string of the molecule is N#CC(Cc1cccs1)c1ccccc1Cl. The third kappa shape index (κ3) is 2.44. The molecule has 0 saturated carbocycles. The number of nitrogens with zero attached hydrogens (tertiary/aromatic N) is 1. The molecule has 0 amide bonds. The normalized spacial score (nSPS) is 12.0. The second-order valence-corrected chi connectivity index (χ2v) is 4.93. The number of benzene rings is 1. The van der Waals surface area contributed by atoms with Crippen LogP contribution in [-0.4, -0.2) is 0 Å². The summed E-state index contributed by atoms with van der Waals surface area (Å²) in [5.74, 6) is -0.160. The van der Waals surface area contributed by atoms with E-state index in [0.717, 1.165) is 12.0 Å². The van der Waals surface area contributed by atoms with Crippen LogP contribution in [0, 0.1) is 11.3 Å². The summed E-state index contributed by atoms with van der Waals surface area (Å²) in [6, 6.07) is 13.9. The lowest BCUT2D eigenvalue weighted by Gasteiger charge is -2.09. The van der Waals surface area contributed by atoms with Crippen LogP contribution in [0.15, 0.2) is 41.8 Å².